The molecule has 0 saturated carbocycles. The van der Waals surface area contributed by atoms with Gasteiger partial charge in [0.15, 0.2) is 24.8 Å². The Hall–Kier alpha value is -3.49. The lowest BCUT2D eigenvalue weighted by molar-refractivity contribution is -0.154. The fourth-order valence-corrected chi connectivity index (χ4v) is 2.38. The van der Waals surface area contributed by atoms with Crippen LogP contribution in [0.1, 0.15) is 12.5 Å². The van der Waals surface area contributed by atoms with Gasteiger partial charge in [0.1, 0.15) is 5.82 Å². The molecule has 0 atom stereocenters. The Labute approximate surface area is 172 Å². The van der Waals surface area contributed by atoms with E-state index < -0.39 is 36.8 Å². The lowest BCUT2D eigenvalue weighted by Gasteiger charge is -2.20. The van der Waals surface area contributed by atoms with Gasteiger partial charge in [0.2, 0.25) is 5.91 Å². The van der Waals surface area contributed by atoms with Gasteiger partial charge in [-0.05, 0) is 36.8 Å². The lowest BCUT2D eigenvalue weighted by Crippen LogP contribution is -2.42. The number of nitrogens with one attached hydrogen (secondary N) is 1. The second-order valence-corrected chi connectivity index (χ2v) is 6.19. The van der Waals surface area contributed by atoms with Gasteiger partial charge in [-0.2, -0.15) is 0 Å². The van der Waals surface area contributed by atoms with Crippen LogP contribution < -0.4 is 10.1 Å². The molecule has 0 aliphatic carbocycles. The highest BCUT2D eigenvalue weighted by atomic mass is 19.1. The van der Waals surface area contributed by atoms with Gasteiger partial charge in [0.05, 0.1) is 6.54 Å². The van der Waals surface area contributed by atoms with Crippen molar-refractivity contribution >= 4 is 17.8 Å². The molecule has 1 N–H and O–H groups in total. The number of hydrogen-bond acceptors (Lipinski definition) is 5. The van der Waals surface area contributed by atoms with Crippen LogP contribution in [0.4, 0.5) is 8.78 Å². The number of rotatable bonds is 10. The molecule has 0 unspecified atom stereocenters. The summed E-state index contributed by atoms with van der Waals surface area (Å²) in [7, 11) is 0. The van der Waals surface area contributed by atoms with Crippen molar-refractivity contribution in [3.63, 3.8) is 0 Å². The maximum Gasteiger partial charge on any atom is 0.344 e. The molecule has 0 aliphatic heterocycles. The summed E-state index contributed by atoms with van der Waals surface area (Å²) < 4.78 is 36.1. The van der Waals surface area contributed by atoms with Gasteiger partial charge in [0.25, 0.3) is 5.91 Å². The van der Waals surface area contributed by atoms with Crippen molar-refractivity contribution in [2.75, 3.05) is 26.3 Å². The van der Waals surface area contributed by atoms with Crippen LogP contribution in [0.2, 0.25) is 0 Å². The van der Waals surface area contributed by atoms with E-state index in [4.69, 9.17) is 9.47 Å². The van der Waals surface area contributed by atoms with Crippen LogP contribution >= 0.6 is 0 Å². The maximum atomic E-state index is 13.4. The number of carbonyl (C=O) groups is 3. The van der Waals surface area contributed by atoms with Crippen LogP contribution in [0.15, 0.2) is 48.5 Å². The molecule has 0 aromatic heterocycles. The van der Waals surface area contributed by atoms with Crippen molar-refractivity contribution < 1.29 is 32.6 Å². The number of esters is 1. The average molecular weight is 420 g/mol. The third-order valence-electron chi connectivity index (χ3n) is 4.01. The first-order chi connectivity index (χ1) is 14.4. The van der Waals surface area contributed by atoms with Gasteiger partial charge >= 0.3 is 5.97 Å². The second kappa shape index (κ2) is 11.5. The number of likely N-dealkylation sites (N-methyl/N-ethyl adjacent to an activating group) is 1. The minimum Gasteiger partial charge on any atom is -0.479 e. The van der Waals surface area contributed by atoms with Crippen molar-refractivity contribution in [1.29, 1.82) is 0 Å². The van der Waals surface area contributed by atoms with Crippen LogP contribution in [0, 0.1) is 11.6 Å². The van der Waals surface area contributed by atoms with Crippen molar-refractivity contribution in [3.8, 4) is 5.75 Å². The summed E-state index contributed by atoms with van der Waals surface area (Å²) in [6, 6.07) is 11.2. The fraction of sp³-hybridized carbons (Fsp3) is 0.286. The smallest absolute Gasteiger partial charge is 0.344 e. The number of hydrogen-bond donors (Lipinski definition) is 1. The van der Waals surface area contributed by atoms with Crippen molar-refractivity contribution in [2.24, 2.45) is 0 Å². The molecule has 0 fully saturated rings. The van der Waals surface area contributed by atoms with Gasteiger partial charge in [-0.15, -0.1) is 0 Å². The van der Waals surface area contributed by atoms with E-state index in [9.17, 15) is 23.2 Å². The molecule has 2 rings (SSSR count). The molecule has 0 heterocycles. The molecule has 30 heavy (non-hydrogen) atoms. The summed E-state index contributed by atoms with van der Waals surface area (Å²) in [5, 5.41) is 2.63. The van der Waals surface area contributed by atoms with Crippen LogP contribution in [0.5, 0.6) is 5.75 Å². The van der Waals surface area contributed by atoms with Gasteiger partial charge < -0.3 is 19.7 Å². The Morgan fingerprint density at radius 2 is 1.70 bits per heavy atom. The standard InChI is InChI=1S/C21H22F2N2O5/c1-2-25(12-19(26)24-11-15-7-9-16(22)10-8-15)20(27)13-30-21(28)14-29-18-6-4-3-5-17(18)23/h3-10H,2,11-14H2,1H3,(H,24,26). The van der Waals surface area contributed by atoms with Crippen LogP contribution in [0.3, 0.4) is 0 Å². The van der Waals surface area contributed by atoms with Crippen molar-refractivity contribution in [3.05, 3.63) is 65.7 Å². The Morgan fingerprint density at radius 1 is 1.00 bits per heavy atom. The Bertz CT molecular complexity index is 874. The molecule has 7 nitrogen and oxygen atoms in total. The first kappa shape index (κ1) is 22.8. The molecule has 0 aliphatic rings. The van der Waals surface area contributed by atoms with E-state index in [1.54, 1.807) is 25.1 Å². The second-order valence-electron chi connectivity index (χ2n) is 6.19. The number of ether oxygens (including phenoxy) is 2. The van der Waals surface area contributed by atoms with Gasteiger partial charge in [-0.3, -0.25) is 9.59 Å². The normalized spacial score (nSPS) is 10.2. The summed E-state index contributed by atoms with van der Waals surface area (Å²) in [5.74, 6) is -2.92. The third kappa shape index (κ3) is 7.50. The van der Waals surface area contributed by atoms with E-state index in [0.29, 0.717) is 5.56 Å². The predicted molar refractivity (Wildman–Crippen MR) is 103 cm³/mol. The number of nitrogens with zero attached hydrogens (tertiary/aromatic N) is 1. The fourth-order valence-electron chi connectivity index (χ4n) is 2.38. The maximum absolute atomic E-state index is 13.4. The monoisotopic (exact) mass is 420 g/mol. The summed E-state index contributed by atoms with van der Waals surface area (Å²) in [6.45, 7) is 0.740. The summed E-state index contributed by atoms with van der Waals surface area (Å²) in [4.78, 5) is 37.1. The van der Waals surface area contributed by atoms with Crippen molar-refractivity contribution in [2.45, 2.75) is 13.5 Å². The summed E-state index contributed by atoms with van der Waals surface area (Å²) in [6.07, 6.45) is 0. The molecule has 2 amide bonds. The average Bonchev–Trinajstić information content (AvgIpc) is 2.74. The molecule has 9 heteroatoms. The number of halogens is 2. The first-order valence-corrected chi connectivity index (χ1v) is 9.21. The number of amides is 2. The first-order valence-electron chi connectivity index (χ1n) is 9.21. The Morgan fingerprint density at radius 3 is 2.37 bits per heavy atom. The molecule has 0 spiro atoms. The van der Waals surface area contributed by atoms with Crippen LogP contribution in [0.25, 0.3) is 0 Å². The topological polar surface area (TPSA) is 84.9 Å². The minimum atomic E-state index is -0.844. The largest absolute Gasteiger partial charge is 0.479 e. The molecule has 0 bridgehead atoms. The molecule has 2 aromatic carbocycles. The number of para-hydroxylation sites is 1. The van der Waals surface area contributed by atoms with Gasteiger partial charge in [0, 0.05) is 13.1 Å². The zero-order chi connectivity index (χ0) is 21.9. The van der Waals surface area contributed by atoms with E-state index >= 15 is 0 Å². The van der Waals surface area contributed by atoms with E-state index in [0.717, 1.165) is 0 Å². The molecule has 0 radical (unpaired) electrons. The number of carbonyl (C=O) groups excluding carboxylic acids is 3. The highest BCUT2D eigenvalue weighted by molar-refractivity contribution is 5.86. The van der Waals surface area contributed by atoms with Crippen LogP contribution in [-0.4, -0.2) is 49.0 Å². The quantitative estimate of drug-likeness (QED) is 0.595. The zero-order valence-corrected chi connectivity index (χ0v) is 16.4. The predicted octanol–water partition coefficient (Wildman–Crippen LogP) is 2.05. The molecule has 2 aromatic rings. The van der Waals surface area contributed by atoms with E-state index in [2.05, 4.69) is 5.32 Å². The molecular weight excluding hydrogens is 398 g/mol. The minimum absolute atomic E-state index is 0.103. The highest BCUT2D eigenvalue weighted by Crippen LogP contribution is 2.15. The SMILES string of the molecule is CCN(CC(=O)NCc1ccc(F)cc1)C(=O)COC(=O)COc1ccccc1F. The van der Waals surface area contributed by atoms with E-state index in [1.165, 1.54) is 35.2 Å². The Kier molecular flexibility index (Phi) is 8.74. The van der Waals surface area contributed by atoms with Gasteiger partial charge in [-0.25, -0.2) is 13.6 Å². The van der Waals surface area contributed by atoms with E-state index in [1.807, 2.05) is 0 Å². The molecule has 0 saturated heterocycles. The zero-order valence-electron chi connectivity index (χ0n) is 16.4. The summed E-state index contributed by atoms with van der Waals surface area (Å²) >= 11 is 0. The number of benzene rings is 2. The van der Waals surface area contributed by atoms with Crippen LogP contribution in [-0.2, 0) is 25.7 Å². The van der Waals surface area contributed by atoms with Crippen molar-refractivity contribution in [1.82, 2.24) is 10.2 Å². The van der Waals surface area contributed by atoms with E-state index in [-0.39, 0.29) is 31.2 Å². The molecule has 160 valence electrons. The van der Waals surface area contributed by atoms with Gasteiger partial charge in [-0.1, -0.05) is 24.3 Å². The highest BCUT2D eigenvalue weighted by Gasteiger charge is 2.18. The third-order valence-corrected chi connectivity index (χ3v) is 4.01. The Balaban J connectivity index is 1.72. The molecular formula is C21H22F2N2O5. The lowest BCUT2D eigenvalue weighted by atomic mass is 10.2. The summed E-state index contributed by atoms with van der Waals surface area (Å²) in [5.41, 5.74) is 0.711.